The third-order valence-electron chi connectivity index (χ3n) is 13.8. The van der Waals surface area contributed by atoms with Gasteiger partial charge >= 0.3 is 0 Å². The second kappa shape index (κ2) is 14.6. The van der Waals surface area contributed by atoms with E-state index < -0.39 is 5.41 Å². The van der Waals surface area contributed by atoms with Gasteiger partial charge in [0.15, 0.2) is 0 Å². The molecule has 0 N–H and O–H groups in total. The number of anilines is 2. The summed E-state index contributed by atoms with van der Waals surface area (Å²) in [6.07, 6.45) is 7.41. The van der Waals surface area contributed by atoms with Crippen LogP contribution in [0.1, 0.15) is 22.3 Å². The van der Waals surface area contributed by atoms with Crippen molar-refractivity contribution in [3.05, 3.63) is 265 Å². The van der Waals surface area contributed by atoms with Crippen molar-refractivity contribution in [3.63, 3.8) is 0 Å². The van der Waals surface area contributed by atoms with Gasteiger partial charge in [-0.15, -0.1) is 0 Å². The Morgan fingerprint density at radius 3 is 1.42 bits per heavy atom. The molecule has 11 aromatic rings. The van der Waals surface area contributed by atoms with E-state index in [1.54, 1.807) is 0 Å². The molecule has 306 valence electrons. The number of hydrogen-bond acceptors (Lipinski definition) is 3. The quantitative estimate of drug-likeness (QED) is 0.173. The molecule has 0 bridgehead atoms. The fourth-order valence-electron chi connectivity index (χ4n) is 11.0. The Hall–Kier alpha value is -8.40. The lowest BCUT2D eigenvalue weighted by Gasteiger charge is -2.36. The molecule has 3 nitrogen and oxygen atoms in total. The van der Waals surface area contributed by atoms with Crippen molar-refractivity contribution in [2.24, 2.45) is 0 Å². The molecule has 65 heavy (non-hydrogen) atoms. The summed E-state index contributed by atoms with van der Waals surface area (Å²) in [6.45, 7) is 4.88. The summed E-state index contributed by atoms with van der Waals surface area (Å²) in [5.41, 5.74) is 19.5. The summed E-state index contributed by atoms with van der Waals surface area (Å²) >= 11 is 0. The van der Waals surface area contributed by atoms with Gasteiger partial charge in [-0.25, -0.2) is 0 Å². The minimum absolute atomic E-state index is 0.547. The van der Waals surface area contributed by atoms with Crippen molar-refractivity contribution in [2.75, 3.05) is 4.90 Å². The van der Waals surface area contributed by atoms with E-state index in [4.69, 9.17) is 15.4 Å². The van der Waals surface area contributed by atoms with Crippen LogP contribution in [-0.2, 0) is 11.8 Å². The van der Waals surface area contributed by atoms with Crippen LogP contribution >= 0.6 is 0 Å². The molecule has 9 aromatic carbocycles. The Morgan fingerprint density at radius 2 is 0.862 bits per heavy atom. The van der Waals surface area contributed by atoms with Crippen molar-refractivity contribution in [1.29, 1.82) is 0 Å². The van der Waals surface area contributed by atoms with Crippen LogP contribution in [0.5, 0.6) is 0 Å². The Bertz CT molecular complexity index is 3560. The lowest BCUT2D eigenvalue weighted by molar-refractivity contribution is 0.668. The highest BCUT2D eigenvalue weighted by Gasteiger charge is 2.47. The van der Waals surface area contributed by atoms with Gasteiger partial charge in [-0.05, 0) is 116 Å². The lowest BCUT2D eigenvalue weighted by atomic mass is 9.66. The van der Waals surface area contributed by atoms with Crippen LogP contribution in [0, 0.1) is 0 Å². The maximum Gasteiger partial charge on any atom is 0.136 e. The van der Waals surface area contributed by atoms with Gasteiger partial charge in [0.2, 0.25) is 0 Å². The number of para-hydroxylation sites is 2. The first-order valence-electron chi connectivity index (χ1n) is 22.3. The highest BCUT2D eigenvalue weighted by Crippen LogP contribution is 2.57. The fourth-order valence-corrected chi connectivity index (χ4v) is 11.0. The highest BCUT2D eigenvalue weighted by molar-refractivity contribution is 6.13. The SMILES string of the molecule is C=C1/C=C\C=C(\N(c2ccc(-c3cccc4oc5ccccc5c34)cc2)c2ccc(-c3cccc4oc5ccccc5c34)cc2)Cc2ccccc2C12c1ccccc1-c1ccccc12. The molecule has 0 aliphatic heterocycles. The zero-order chi connectivity index (χ0) is 43.1. The van der Waals surface area contributed by atoms with Gasteiger partial charge in [-0.3, -0.25) is 0 Å². The molecular formula is C62H41NO2. The smallest absolute Gasteiger partial charge is 0.136 e. The third-order valence-corrected chi connectivity index (χ3v) is 13.8. The number of nitrogens with zero attached hydrogens (tertiary/aromatic N) is 1. The van der Waals surface area contributed by atoms with Crippen LogP contribution in [0.2, 0.25) is 0 Å². The van der Waals surface area contributed by atoms with E-state index in [1.165, 1.54) is 33.4 Å². The number of rotatable bonds is 5. The number of hydrogen-bond donors (Lipinski definition) is 0. The molecule has 2 aromatic heterocycles. The normalized spacial score (nSPS) is 15.3. The Kier molecular flexibility index (Phi) is 8.34. The molecule has 13 rings (SSSR count). The molecule has 0 atom stereocenters. The maximum atomic E-state index is 6.30. The summed E-state index contributed by atoms with van der Waals surface area (Å²) in [4.78, 5) is 2.42. The molecule has 2 aliphatic rings. The minimum Gasteiger partial charge on any atom is -0.456 e. The standard InChI is InChI=1S/C62H41NO2/c1-40-15-12-17-46(39-43-16-2-7-24-53(43)62(40)54-25-8-3-18-49(54)50-19-4-9-26-55(50)62)63(44-35-31-41(32-36-44)47-22-13-29-58-60(47)51-20-5-10-27-56(51)64-58)45-37-33-42(34-38-45)48-23-14-30-59-61(48)52-21-6-11-28-57(52)65-59/h2-38H,1,39H2/b15-12-,46-17+. The summed E-state index contributed by atoms with van der Waals surface area (Å²) < 4.78 is 12.6. The molecule has 0 saturated heterocycles. The number of fused-ring (bicyclic) bond motifs is 13. The van der Waals surface area contributed by atoms with Crippen molar-refractivity contribution < 1.29 is 8.83 Å². The van der Waals surface area contributed by atoms with E-state index in [9.17, 15) is 0 Å². The average Bonchev–Trinajstić information content (AvgIpc) is 4.04. The minimum atomic E-state index is -0.547. The van der Waals surface area contributed by atoms with E-state index in [1.807, 2.05) is 24.3 Å². The molecule has 0 unspecified atom stereocenters. The molecular weight excluding hydrogens is 791 g/mol. The summed E-state index contributed by atoms with van der Waals surface area (Å²) in [5.74, 6) is 0. The molecule has 2 aliphatic carbocycles. The fraction of sp³-hybridized carbons (Fsp3) is 0.0323. The number of allylic oxidation sites excluding steroid dienone is 5. The van der Waals surface area contributed by atoms with E-state index in [0.717, 1.165) is 88.8 Å². The predicted molar refractivity (Wildman–Crippen MR) is 269 cm³/mol. The topological polar surface area (TPSA) is 29.5 Å². The van der Waals surface area contributed by atoms with Crippen molar-refractivity contribution in [1.82, 2.24) is 0 Å². The van der Waals surface area contributed by atoms with Gasteiger partial charge in [0.05, 0.1) is 5.41 Å². The van der Waals surface area contributed by atoms with Crippen LogP contribution in [-0.4, -0.2) is 0 Å². The van der Waals surface area contributed by atoms with E-state index in [2.05, 4.69) is 205 Å². The van der Waals surface area contributed by atoms with Crippen LogP contribution in [0.4, 0.5) is 11.4 Å². The summed E-state index contributed by atoms with van der Waals surface area (Å²) in [5, 5.41) is 4.51. The van der Waals surface area contributed by atoms with Gasteiger partial charge in [-0.1, -0.05) is 176 Å². The van der Waals surface area contributed by atoms with Gasteiger partial charge < -0.3 is 13.7 Å². The zero-order valence-electron chi connectivity index (χ0n) is 35.5. The second-order valence-corrected chi connectivity index (χ2v) is 17.2. The van der Waals surface area contributed by atoms with Crippen molar-refractivity contribution in [3.8, 4) is 33.4 Å². The molecule has 0 saturated carbocycles. The van der Waals surface area contributed by atoms with Gasteiger partial charge in [0.25, 0.3) is 0 Å². The molecule has 3 heteroatoms. The Labute approximate surface area is 377 Å². The zero-order valence-corrected chi connectivity index (χ0v) is 35.5. The average molecular weight is 832 g/mol. The molecule has 0 fully saturated rings. The molecule has 1 spiro atoms. The number of furan rings is 2. The van der Waals surface area contributed by atoms with Crippen LogP contribution in [0.3, 0.4) is 0 Å². The highest BCUT2D eigenvalue weighted by atomic mass is 16.3. The molecule has 2 heterocycles. The Morgan fingerprint density at radius 1 is 0.415 bits per heavy atom. The largest absolute Gasteiger partial charge is 0.456 e. The third kappa shape index (κ3) is 5.62. The second-order valence-electron chi connectivity index (χ2n) is 17.2. The van der Waals surface area contributed by atoms with E-state index in [0.29, 0.717) is 6.42 Å². The molecule has 0 amide bonds. The van der Waals surface area contributed by atoms with E-state index in [-0.39, 0.29) is 0 Å². The lowest BCUT2D eigenvalue weighted by Crippen LogP contribution is -2.30. The monoisotopic (exact) mass is 831 g/mol. The van der Waals surface area contributed by atoms with Gasteiger partial charge in [0, 0.05) is 45.0 Å². The van der Waals surface area contributed by atoms with E-state index >= 15 is 0 Å². The Balaban J connectivity index is 0.970. The van der Waals surface area contributed by atoms with Crippen LogP contribution in [0.25, 0.3) is 77.3 Å². The summed E-state index contributed by atoms with van der Waals surface area (Å²) in [6, 6.07) is 74.1. The number of benzene rings is 9. The first kappa shape index (κ1) is 37.2. The van der Waals surface area contributed by atoms with Crippen molar-refractivity contribution in [2.45, 2.75) is 11.8 Å². The van der Waals surface area contributed by atoms with Crippen LogP contribution < -0.4 is 4.90 Å². The first-order chi connectivity index (χ1) is 32.1. The maximum absolute atomic E-state index is 6.30. The van der Waals surface area contributed by atoms with Gasteiger partial charge in [0.1, 0.15) is 22.3 Å². The first-order valence-corrected chi connectivity index (χ1v) is 22.3. The van der Waals surface area contributed by atoms with Crippen molar-refractivity contribution >= 4 is 55.3 Å². The molecule has 0 radical (unpaired) electrons. The van der Waals surface area contributed by atoms with Crippen LogP contribution in [0.15, 0.2) is 251 Å². The van der Waals surface area contributed by atoms with Gasteiger partial charge in [-0.2, -0.15) is 0 Å². The summed E-state index contributed by atoms with van der Waals surface area (Å²) in [7, 11) is 0. The predicted octanol–water partition coefficient (Wildman–Crippen LogP) is 16.5.